The summed E-state index contributed by atoms with van der Waals surface area (Å²) < 4.78 is 18.8. The number of hydrogen-bond acceptors (Lipinski definition) is 8. The minimum atomic E-state index is -0.516. The van der Waals surface area contributed by atoms with E-state index in [0.29, 0.717) is 21.0 Å². The van der Waals surface area contributed by atoms with Crippen LogP contribution in [0.5, 0.6) is 5.75 Å². The van der Waals surface area contributed by atoms with Crippen LogP contribution in [0.4, 0.5) is 15.2 Å². The van der Waals surface area contributed by atoms with Gasteiger partial charge in [0.25, 0.3) is 11.6 Å². The highest BCUT2D eigenvalue weighted by atomic mass is 32.2. The second-order valence-corrected chi connectivity index (χ2v) is 7.58. The number of aromatic nitrogens is 2. The first-order valence-corrected chi connectivity index (χ1v) is 9.67. The Labute approximate surface area is 166 Å². The third-order valence-corrected chi connectivity index (χ3v) is 5.39. The van der Waals surface area contributed by atoms with E-state index in [0.717, 1.165) is 5.56 Å². The average molecular weight is 420 g/mol. The van der Waals surface area contributed by atoms with Gasteiger partial charge in [0.15, 0.2) is 10.9 Å². The monoisotopic (exact) mass is 420 g/mol. The van der Waals surface area contributed by atoms with Crippen molar-refractivity contribution in [3.63, 3.8) is 0 Å². The minimum absolute atomic E-state index is 0.0590. The number of halogens is 1. The largest absolute Gasteiger partial charge is 0.484 e. The minimum Gasteiger partial charge on any atom is -0.484 e. The van der Waals surface area contributed by atoms with Gasteiger partial charge in [0.05, 0.1) is 4.92 Å². The molecule has 0 radical (unpaired) electrons. The van der Waals surface area contributed by atoms with Gasteiger partial charge < -0.3 is 4.74 Å². The molecule has 1 aromatic heterocycles. The SMILES string of the molecule is O=C(COc1ccc([N+](=O)[O-])cc1)Nc1nnc(SCc2ccc(F)cc2)s1. The summed E-state index contributed by atoms with van der Waals surface area (Å²) in [6.45, 7) is -0.268. The van der Waals surface area contributed by atoms with Gasteiger partial charge in [-0.25, -0.2) is 4.39 Å². The highest BCUT2D eigenvalue weighted by molar-refractivity contribution is 8.00. The van der Waals surface area contributed by atoms with Crippen LogP contribution in [-0.4, -0.2) is 27.6 Å². The summed E-state index contributed by atoms with van der Waals surface area (Å²) in [5.41, 5.74) is 0.889. The number of nitrogens with one attached hydrogen (secondary N) is 1. The predicted octanol–water partition coefficient (Wildman–Crippen LogP) is 3.90. The number of nitro groups is 1. The maximum atomic E-state index is 12.9. The smallest absolute Gasteiger partial charge is 0.269 e. The molecule has 3 rings (SSSR count). The zero-order chi connectivity index (χ0) is 19.9. The molecule has 0 spiro atoms. The van der Waals surface area contributed by atoms with E-state index >= 15 is 0 Å². The zero-order valence-corrected chi connectivity index (χ0v) is 15.8. The Kier molecular flexibility index (Phi) is 6.50. The molecule has 0 saturated heterocycles. The van der Waals surface area contributed by atoms with Crippen LogP contribution in [0.2, 0.25) is 0 Å². The number of carbonyl (C=O) groups excluding carboxylic acids is 1. The number of nitro benzene ring substituents is 1. The summed E-state index contributed by atoms with van der Waals surface area (Å²) in [6, 6.07) is 11.6. The van der Waals surface area contributed by atoms with Crippen molar-refractivity contribution in [2.45, 2.75) is 10.1 Å². The molecule has 1 heterocycles. The molecule has 0 aliphatic carbocycles. The number of ether oxygens (including phenoxy) is 1. The van der Waals surface area contributed by atoms with E-state index in [-0.39, 0.29) is 18.1 Å². The molecule has 0 atom stereocenters. The molecule has 2 aromatic carbocycles. The molecule has 8 nitrogen and oxygen atoms in total. The Morgan fingerprint density at radius 1 is 1.18 bits per heavy atom. The highest BCUT2D eigenvalue weighted by Gasteiger charge is 2.10. The molecule has 1 N–H and O–H groups in total. The summed E-state index contributed by atoms with van der Waals surface area (Å²) in [7, 11) is 0. The zero-order valence-electron chi connectivity index (χ0n) is 14.2. The van der Waals surface area contributed by atoms with E-state index in [1.165, 1.54) is 59.5 Å². The number of rotatable bonds is 8. The third kappa shape index (κ3) is 5.72. The number of anilines is 1. The van der Waals surface area contributed by atoms with E-state index < -0.39 is 10.8 Å². The van der Waals surface area contributed by atoms with Gasteiger partial charge in [-0.15, -0.1) is 10.2 Å². The van der Waals surface area contributed by atoms with Gasteiger partial charge in [-0.2, -0.15) is 0 Å². The second kappa shape index (κ2) is 9.24. The van der Waals surface area contributed by atoms with Crippen LogP contribution < -0.4 is 10.1 Å². The summed E-state index contributed by atoms with van der Waals surface area (Å²) in [4.78, 5) is 22.0. The molecule has 144 valence electrons. The number of hydrogen-bond donors (Lipinski definition) is 1. The molecule has 0 unspecified atom stereocenters. The van der Waals surface area contributed by atoms with Crippen molar-refractivity contribution < 1.29 is 18.8 Å². The van der Waals surface area contributed by atoms with Gasteiger partial charge in [-0.1, -0.05) is 35.2 Å². The molecule has 0 saturated carbocycles. The van der Waals surface area contributed by atoms with E-state index in [4.69, 9.17) is 4.74 Å². The summed E-state index contributed by atoms with van der Waals surface area (Å²) in [6.07, 6.45) is 0. The Morgan fingerprint density at radius 2 is 1.89 bits per heavy atom. The van der Waals surface area contributed by atoms with Crippen LogP contribution >= 0.6 is 23.1 Å². The third-order valence-electron chi connectivity index (χ3n) is 3.35. The van der Waals surface area contributed by atoms with E-state index in [9.17, 15) is 19.3 Å². The van der Waals surface area contributed by atoms with Gasteiger partial charge in [0.2, 0.25) is 5.13 Å². The Bertz CT molecular complexity index is 964. The first-order valence-electron chi connectivity index (χ1n) is 7.87. The normalized spacial score (nSPS) is 10.5. The van der Waals surface area contributed by atoms with Gasteiger partial charge >= 0.3 is 0 Å². The van der Waals surface area contributed by atoms with Crippen LogP contribution in [0.1, 0.15) is 5.56 Å². The molecular weight excluding hydrogens is 407 g/mol. The first-order chi connectivity index (χ1) is 13.5. The van der Waals surface area contributed by atoms with E-state index in [1.807, 2.05) is 0 Å². The lowest BCUT2D eigenvalue weighted by Crippen LogP contribution is -2.20. The summed E-state index contributed by atoms with van der Waals surface area (Å²) >= 11 is 2.64. The fourth-order valence-electron chi connectivity index (χ4n) is 2.01. The molecule has 0 aliphatic rings. The summed E-state index contributed by atoms with van der Waals surface area (Å²) in [5.74, 6) is 0.232. The van der Waals surface area contributed by atoms with Gasteiger partial charge in [-0.05, 0) is 29.8 Å². The molecule has 3 aromatic rings. The summed E-state index contributed by atoms with van der Waals surface area (Å²) in [5, 5.41) is 21.4. The topological polar surface area (TPSA) is 107 Å². The number of non-ortho nitro benzene ring substituents is 1. The Morgan fingerprint density at radius 3 is 2.57 bits per heavy atom. The molecular formula is C17H13FN4O4S2. The van der Waals surface area contributed by atoms with Crippen molar-refractivity contribution >= 4 is 39.8 Å². The number of carbonyl (C=O) groups is 1. The van der Waals surface area contributed by atoms with Crippen LogP contribution in [0.25, 0.3) is 0 Å². The van der Waals surface area contributed by atoms with Crippen molar-refractivity contribution in [2.75, 3.05) is 11.9 Å². The first kappa shape index (κ1) is 19.7. The fraction of sp³-hybridized carbons (Fsp3) is 0.118. The maximum Gasteiger partial charge on any atom is 0.269 e. The van der Waals surface area contributed by atoms with Crippen molar-refractivity contribution in [1.29, 1.82) is 0 Å². The van der Waals surface area contributed by atoms with E-state index in [2.05, 4.69) is 15.5 Å². The van der Waals surface area contributed by atoms with E-state index in [1.54, 1.807) is 12.1 Å². The number of amides is 1. The quantitative estimate of drug-likeness (QED) is 0.255. The lowest BCUT2D eigenvalue weighted by Gasteiger charge is -2.05. The van der Waals surface area contributed by atoms with Crippen LogP contribution in [0.3, 0.4) is 0 Å². The van der Waals surface area contributed by atoms with Crippen LogP contribution in [0, 0.1) is 15.9 Å². The van der Waals surface area contributed by atoms with Gasteiger partial charge in [-0.3, -0.25) is 20.2 Å². The Balaban J connectivity index is 1.45. The standard InChI is InChI=1S/C17H13FN4O4S2/c18-12-3-1-11(2-4-12)10-27-17-21-20-16(28-17)19-15(23)9-26-14-7-5-13(6-8-14)22(24)25/h1-8H,9-10H2,(H,19,20,23). The number of thioether (sulfide) groups is 1. The maximum absolute atomic E-state index is 12.9. The van der Waals surface area contributed by atoms with Crippen molar-refractivity contribution in [3.05, 3.63) is 70.0 Å². The lowest BCUT2D eigenvalue weighted by molar-refractivity contribution is -0.384. The molecule has 0 aliphatic heterocycles. The number of benzene rings is 2. The number of nitrogens with zero attached hydrogens (tertiary/aromatic N) is 3. The fourth-order valence-corrected chi connectivity index (χ4v) is 3.74. The predicted molar refractivity (Wildman–Crippen MR) is 103 cm³/mol. The van der Waals surface area contributed by atoms with Crippen molar-refractivity contribution in [3.8, 4) is 5.75 Å². The van der Waals surface area contributed by atoms with Crippen molar-refractivity contribution in [1.82, 2.24) is 10.2 Å². The average Bonchev–Trinajstić information content (AvgIpc) is 3.13. The lowest BCUT2D eigenvalue weighted by atomic mass is 10.2. The Hall–Kier alpha value is -3.05. The molecule has 11 heteroatoms. The molecule has 0 fully saturated rings. The van der Waals surface area contributed by atoms with Crippen molar-refractivity contribution in [2.24, 2.45) is 0 Å². The molecule has 0 bridgehead atoms. The molecule has 1 amide bonds. The van der Waals surface area contributed by atoms with Crippen LogP contribution in [0.15, 0.2) is 52.9 Å². The van der Waals surface area contributed by atoms with Crippen LogP contribution in [-0.2, 0) is 10.5 Å². The second-order valence-electron chi connectivity index (χ2n) is 5.38. The van der Waals surface area contributed by atoms with Gasteiger partial charge in [0.1, 0.15) is 11.6 Å². The highest BCUT2D eigenvalue weighted by Crippen LogP contribution is 2.28. The molecule has 28 heavy (non-hydrogen) atoms. The van der Waals surface area contributed by atoms with Gasteiger partial charge in [0, 0.05) is 17.9 Å².